The summed E-state index contributed by atoms with van der Waals surface area (Å²) >= 11 is 1.82. The average molecular weight is 277 g/mol. The third-order valence-electron chi connectivity index (χ3n) is 4.34. The van der Waals surface area contributed by atoms with Gasteiger partial charge in [0, 0.05) is 17.2 Å². The summed E-state index contributed by atoms with van der Waals surface area (Å²) in [5.41, 5.74) is 1.58. The molecule has 0 aromatic heterocycles. The number of carboxylic acids is 1. The van der Waals surface area contributed by atoms with Crippen molar-refractivity contribution in [2.75, 3.05) is 17.6 Å². The van der Waals surface area contributed by atoms with Crippen LogP contribution in [0.25, 0.3) is 0 Å². The Kier molecular flexibility index (Phi) is 3.44. The molecule has 0 saturated heterocycles. The van der Waals surface area contributed by atoms with Gasteiger partial charge in [-0.05, 0) is 30.4 Å². The van der Waals surface area contributed by atoms with E-state index in [0.717, 1.165) is 22.9 Å². The zero-order valence-corrected chi connectivity index (χ0v) is 11.8. The summed E-state index contributed by atoms with van der Waals surface area (Å²) in [4.78, 5) is 12.4. The first-order chi connectivity index (χ1) is 9.20. The average Bonchev–Trinajstić information content (AvgIpc) is 2.60. The Morgan fingerprint density at radius 1 is 1.26 bits per heavy atom. The molecule has 19 heavy (non-hydrogen) atoms. The molecule has 102 valence electrons. The molecule has 1 saturated carbocycles. The van der Waals surface area contributed by atoms with Crippen LogP contribution in [-0.4, -0.2) is 23.4 Å². The van der Waals surface area contributed by atoms with Gasteiger partial charge in [-0.2, -0.15) is 0 Å². The summed E-state index contributed by atoms with van der Waals surface area (Å²) in [6.45, 7) is 0.914. The van der Waals surface area contributed by atoms with Gasteiger partial charge in [-0.1, -0.05) is 25.3 Å². The molecule has 0 radical (unpaired) electrons. The summed E-state index contributed by atoms with van der Waals surface area (Å²) in [7, 11) is 0. The van der Waals surface area contributed by atoms with Crippen LogP contribution in [0.4, 0.5) is 5.69 Å². The van der Waals surface area contributed by atoms with Crippen molar-refractivity contribution in [3.05, 3.63) is 23.8 Å². The number of rotatable bonds is 1. The van der Waals surface area contributed by atoms with Crippen molar-refractivity contribution in [3.63, 3.8) is 0 Å². The Morgan fingerprint density at radius 3 is 2.79 bits per heavy atom. The molecule has 1 aromatic carbocycles. The second kappa shape index (κ2) is 5.08. The lowest BCUT2D eigenvalue weighted by molar-refractivity contribution is 0.0697. The second-order valence-electron chi connectivity index (χ2n) is 5.69. The van der Waals surface area contributed by atoms with Gasteiger partial charge in [0.2, 0.25) is 0 Å². The van der Waals surface area contributed by atoms with E-state index in [0.29, 0.717) is 11.0 Å². The molecular weight excluding hydrogens is 258 g/mol. The third kappa shape index (κ3) is 2.46. The molecule has 2 aliphatic rings. The normalized spacial score (nSPS) is 21.3. The molecule has 1 aliphatic carbocycles. The Balaban J connectivity index is 1.89. The van der Waals surface area contributed by atoms with Crippen molar-refractivity contribution in [1.82, 2.24) is 0 Å². The van der Waals surface area contributed by atoms with Crippen LogP contribution >= 0.6 is 11.8 Å². The monoisotopic (exact) mass is 277 g/mol. The number of hydrogen-bond donors (Lipinski definition) is 2. The summed E-state index contributed by atoms with van der Waals surface area (Å²) in [5.74, 6) is 0.264. The van der Waals surface area contributed by atoms with Crippen LogP contribution in [-0.2, 0) is 0 Å². The predicted molar refractivity (Wildman–Crippen MR) is 78.1 cm³/mol. The maximum Gasteiger partial charge on any atom is 0.337 e. The van der Waals surface area contributed by atoms with Gasteiger partial charge in [-0.3, -0.25) is 0 Å². The Hall–Kier alpha value is -1.16. The molecule has 3 nitrogen and oxygen atoms in total. The van der Waals surface area contributed by atoms with Gasteiger partial charge < -0.3 is 10.4 Å². The van der Waals surface area contributed by atoms with Crippen molar-refractivity contribution in [1.29, 1.82) is 0 Å². The smallest absolute Gasteiger partial charge is 0.337 e. The number of thioether (sulfide) groups is 1. The van der Waals surface area contributed by atoms with Crippen molar-refractivity contribution in [2.45, 2.75) is 37.0 Å². The highest BCUT2D eigenvalue weighted by Gasteiger charge is 2.34. The number of aromatic carboxylic acids is 1. The van der Waals surface area contributed by atoms with Gasteiger partial charge in [0.15, 0.2) is 0 Å². The van der Waals surface area contributed by atoms with E-state index in [1.807, 2.05) is 23.9 Å². The maximum absolute atomic E-state index is 11.3. The minimum absolute atomic E-state index is 0.359. The minimum Gasteiger partial charge on any atom is -0.478 e. The van der Waals surface area contributed by atoms with Crippen molar-refractivity contribution in [2.24, 2.45) is 5.41 Å². The lowest BCUT2D eigenvalue weighted by Gasteiger charge is -2.36. The molecule has 0 unspecified atom stereocenters. The largest absolute Gasteiger partial charge is 0.478 e. The molecule has 1 heterocycles. The highest BCUT2D eigenvalue weighted by Crippen LogP contribution is 2.45. The molecule has 1 aromatic rings. The molecule has 1 fully saturated rings. The van der Waals surface area contributed by atoms with Gasteiger partial charge in [0.05, 0.1) is 11.3 Å². The number of carbonyl (C=O) groups is 1. The van der Waals surface area contributed by atoms with E-state index in [-0.39, 0.29) is 0 Å². The number of para-hydroxylation sites is 1. The first-order valence-electron chi connectivity index (χ1n) is 6.93. The zero-order chi connectivity index (χ0) is 13.3. The second-order valence-corrected chi connectivity index (χ2v) is 6.70. The van der Waals surface area contributed by atoms with E-state index in [2.05, 4.69) is 5.32 Å². The van der Waals surface area contributed by atoms with Gasteiger partial charge in [-0.25, -0.2) is 4.79 Å². The van der Waals surface area contributed by atoms with E-state index >= 15 is 0 Å². The fourth-order valence-corrected chi connectivity index (χ4v) is 4.55. The zero-order valence-electron chi connectivity index (χ0n) is 10.9. The number of anilines is 1. The van der Waals surface area contributed by atoms with Gasteiger partial charge in [0.25, 0.3) is 0 Å². The number of hydrogen-bond acceptors (Lipinski definition) is 3. The maximum atomic E-state index is 11.3. The Morgan fingerprint density at radius 2 is 2.05 bits per heavy atom. The van der Waals surface area contributed by atoms with Crippen molar-refractivity contribution in [3.8, 4) is 0 Å². The number of fused-ring (bicyclic) bond motifs is 1. The molecule has 0 amide bonds. The number of nitrogens with one attached hydrogen (secondary N) is 1. The van der Waals surface area contributed by atoms with Crippen LogP contribution in [0.1, 0.15) is 42.5 Å². The summed E-state index contributed by atoms with van der Waals surface area (Å²) in [6.07, 6.45) is 6.50. The van der Waals surface area contributed by atoms with Crippen LogP contribution in [0.2, 0.25) is 0 Å². The highest BCUT2D eigenvalue weighted by molar-refractivity contribution is 7.99. The van der Waals surface area contributed by atoms with Gasteiger partial charge >= 0.3 is 5.97 Å². The van der Waals surface area contributed by atoms with Crippen LogP contribution in [0.5, 0.6) is 0 Å². The fourth-order valence-electron chi connectivity index (χ4n) is 3.19. The predicted octanol–water partition coefficient (Wildman–Crippen LogP) is 3.85. The lowest BCUT2D eigenvalue weighted by atomic mass is 9.75. The van der Waals surface area contributed by atoms with Crippen LogP contribution < -0.4 is 5.32 Å². The molecule has 1 spiro atoms. The Labute approximate surface area is 117 Å². The minimum atomic E-state index is -0.843. The lowest BCUT2D eigenvalue weighted by Crippen LogP contribution is -2.33. The summed E-state index contributed by atoms with van der Waals surface area (Å²) in [6, 6.07) is 5.56. The molecular formula is C15H19NO2S. The standard InChI is InChI=1S/C15H19NO2S/c17-14(18)11-5-4-6-12-13(11)16-9-15(10-19-12)7-2-1-3-8-15/h4-6,16H,1-3,7-10H2,(H,17,18). The molecule has 0 bridgehead atoms. The molecule has 2 N–H and O–H groups in total. The van der Waals surface area contributed by atoms with Gasteiger partial charge in [-0.15, -0.1) is 11.8 Å². The summed E-state index contributed by atoms with van der Waals surface area (Å²) < 4.78 is 0. The number of carboxylic acid groups (broad SMARTS) is 1. The van der Waals surface area contributed by atoms with Crippen LogP contribution in [0, 0.1) is 5.41 Å². The third-order valence-corrected chi connectivity index (χ3v) is 5.75. The molecule has 0 atom stereocenters. The Bertz CT molecular complexity index is 495. The van der Waals surface area contributed by atoms with Crippen LogP contribution in [0.15, 0.2) is 23.1 Å². The summed E-state index contributed by atoms with van der Waals surface area (Å²) in [5, 5.41) is 12.7. The number of benzene rings is 1. The van der Waals surface area contributed by atoms with E-state index in [4.69, 9.17) is 0 Å². The topological polar surface area (TPSA) is 49.3 Å². The fraction of sp³-hybridized carbons (Fsp3) is 0.533. The van der Waals surface area contributed by atoms with E-state index < -0.39 is 5.97 Å². The first-order valence-corrected chi connectivity index (χ1v) is 7.92. The van der Waals surface area contributed by atoms with Crippen molar-refractivity contribution >= 4 is 23.4 Å². The van der Waals surface area contributed by atoms with Crippen molar-refractivity contribution < 1.29 is 9.90 Å². The highest BCUT2D eigenvalue weighted by atomic mass is 32.2. The van der Waals surface area contributed by atoms with E-state index in [9.17, 15) is 9.90 Å². The van der Waals surface area contributed by atoms with Gasteiger partial charge in [0.1, 0.15) is 0 Å². The van der Waals surface area contributed by atoms with E-state index in [1.54, 1.807) is 6.07 Å². The molecule has 4 heteroatoms. The molecule has 1 aliphatic heterocycles. The molecule has 3 rings (SSSR count). The first kappa shape index (κ1) is 12.9. The van der Waals surface area contributed by atoms with Crippen LogP contribution in [0.3, 0.4) is 0 Å². The SMILES string of the molecule is O=C(O)c1cccc2c1NCC1(CCCCC1)CS2. The quantitative estimate of drug-likeness (QED) is 0.818. The van der Waals surface area contributed by atoms with E-state index in [1.165, 1.54) is 32.1 Å².